The smallest absolute Gasteiger partial charge is 0.251 e. The normalized spacial score (nSPS) is 10.7. The van der Waals surface area contributed by atoms with E-state index in [1.807, 2.05) is 32.0 Å². The van der Waals surface area contributed by atoms with E-state index in [-0.39, 0.29) is 5.91 Å². The van der Waals surface area contributed by atoms with Gasteiger partial charge < -0.3 is 5.32 Å². The maximum atomic E-state index is 12.3. The van der Waals surface area contributed by atoms with Gasteiger partial charge in [0.2, 0.25) is 0 Å². The van der Waals surface area contributed by atoms with Crippen LogP contribution in [0.3, 0.4) is 0 Å². The molecule has 18 heavy (non-hydrogen) atoms. The van der Waals surface area contributed by atoms with Gasteiger partial charge in [0.05, 0.1) is 0 Å². The molecule has 0 saturated carbocycles. The zero-order valence-corrected chi connectivity index (χ0v) is 12.0. The van der Waals surface area contributed by atoms with Gasteiger partial charge in [-0.2, -0.15) is 0 Å². The van der Waals surface area contributed by atoms with Gasteiger partial charge in [0.25, 0.3) is 5.91 Å². The number of hydrogen-bond donors (Lipinski definition) is 1. The summed E-state index contributed by atoms with van der Waals surface area (Å²) in [6, 6.07) is 6.22. The number of carbonyl (C=O) groups excluding carboxylic acids is 1. The second kappa shape index (κ2) is 7.20. The predicted molar refractivity (Wildman–Crippen MR) is 77.0 cm³/mol. The molecule has 1 aromatic carbocycles. The van der Waals surface area contributed by atoms with Gasteiger partial charge in [-0.05, 0) is 43.9 Å². The van der Waals surface area contributed by atoms with E-state index in [1.54, 1.807) is 0 Å². The summed E-state index contributed by atoms with van der Waals surface area (Å²) in [5.74, 6) is 0.0723. The van der Waals surface area contributed by atoms with Crippen molar-refractivity contribution >= 4 is 5.91 Å². The number of carbonyl (C=O) groups is 1. The van der Waals surface area contributed by atoms with Crippen LogP contribution in [0, 0.1) is 13.8 Å². The van der Waals surface area contributed by atoms with Crippen LogP contribution in [0.25, 0.3) is 0 Å². The molecule has 0 spiro atoms. The third-order valence-corrected chi connectivity index (χ3v) is 3.46. The van der Waals surface area contributed by atoms with Crippen LogP contribution in [0.5, 0.6) is 0 Å². The Kier molecular flexibility index (Phi) is 5.90. The molecular formula is C16H25NO. The number of aryl methyl sites for hydroxylation is 1. The van der Waals surface area contributed by atoms with E-state index in [9.17, 15) is 4.79 Å². The molecule has 0 heterocycles. The SMILES string of the molecule is CCCC(CCC)NC(=O)c1cccc(C)c1C. The first-order chi connectivity index (χ1) is 8.60. The van der Waals surface area contributed by atoms with Gasteiger partial charge in [-0.25, -0.2) is 0 Å². The molecule has 0 aliphatic carbocycles. The molecule has 2 nitrogen and oxygen atoms in total. The van der Waals surface area contributed by atoms with Crippen molar-refractivity contribution in [2.45, 2.75) is 59.4 Å². The molecule has 100 valence electrons. The summed E-state index contributed by atoms with van der Waals surface area (Å²) in [7, 11) is 0. The van der Waals surface area contributed by atoms with Crippen molar-refractivity contribution in [1.82, 2.24) is 5.32 Å². The summed E-state index contributed by atoms with van der Waals surface area (Å²) < 4.78 is 0. The van der Waals surface area contributed by atoms with Crippen LogP contribution in [0.15, 0.2) is 18.2 Å². The molecular weight excluding hydrogens is 222 g/mol. The maximum absolute atomic E-state index is 12.3. The van der Waals surface area contributed by atoms with Gasteiger partial charge >= 0.3 is 0 Å². The lowest BCUT2D eigenvalue weighted by molar-refractivity contribution is 0.0932. The fourth-order valence-corrected chi connectivity index (χ4v) is 2.25. The second-order valence-corrected chi connectivity index (χ2v) is 5.00. The quantitative estimate of drug-likeness (QED) is 0.808. The minimum absolute atomic E-state index is 0.0723. The van der Waals surface area contributed by atoms with E-state index in [0.29, 0.717) is 6.04 Å². The topological polar surface area (TPSA) is 29.1 Å². The molecule has 0 aliphatic rings. The molecule has 1 amide bonds. The molecule has 0 unspecified atom stereocenters. The van der Waals surface area contributed by atoms with Crippen LogP contribution in [0.2, 0.25) is 0 Å². The van der Waals surface area contributed by atoms with Gasteiger partial charge in [-0.3, -0.25) is 4.79 Å². The lowest BCUT2D eigenvalue weighted by Gasteiger charge is -2.18. The van der Waals surface area contributed by atoms with E-state index in [1.165, 1.54) is 5.56 Å². The Morgan fingerprint density at radius 3 is 2.33 bits per heavy atom. The lowest BCUT2D eigenvalue weighted by Crippen LogP contribution is -2.35. The van der Waals surface area contributed by atoms with Crippen molar-refractivity contribution in [3.05, 3.63) is 34.9 Å². The van der Waals surface area contributed by atoms with Gasteiger partial charge in [0, 0.05) is 11.6 Å². The highest BCUT2D eigenvalue weighted by atomic mass is 16.1. The monoisotopic (exact) mass is 247 g/mol. The summed E-state index contributed by atoms with van der Waals surface area (Å²) in [6.45, 7) is 8.38. The Labute approximate surface area is 111 Å². The van der Waals surface area contributed by atoms with E-state index >= 15 is 0 Å². The third kappa shape index (κ3) is 3.86. The summed E-state index contributed by atoms with van der Waals surface area (Å²) in [5.41, 5.74) is 3.07. The van der Waals surface area contributed by atoms with Crippen molar-refractivity contribution in [2.24, 2.45) is 0 Å². The van der Waals surface area contributed by atoms with Crippen molar-refractivity contribution in [2.75, 3.05) is 0 Å². The molecule has 0 aromatic heterocycles. The lowest BCUT2D eigenvalue weighted by atomic mass is 10.0. The van der Waals surface area contributed by atoms with Gasteiger partial charge in [-0.1, -0.05) is 38.8 Å². The maximum Gasteiger partial charge on any atom is 0.251 e. The summed E-state index contributed by atoms with van der Waals surface area (Å²) in [4.78, 5) is 12.3. The molecule has 2 heteroatoms. The zero-order chi connectivity index (χ0) is 13.5. The average Bonchev–Trinajstić information content (AvgIpc) is 2.33. The number of rotatable bonds is 6. The first kappa shape index (κ1) is 14.7. The zero-order valence-electron chi connectivity index (χ0n) is 12.0. The Hall–Kier alpha value is -1.31. The van der Waals surface area contributed by atoms with Crippen LogP contribution in [-0.2, 0) is 0 Å². The number of amides is 1. The van der Waals surface area contributed by atoms with Crippen LogP contribution >= 0.6 is 0 Å². The Balaban J connectivity index is 2.77. The first-order valence-electron chi connectivity index (χ1n) is 6.97. The van der Waals surface area contributed by atoms with Crippen molar-refractivity contribution < 1.29 is 4.79 Å². The first-order valence-corrected chi connectivity index (χ1v) is 6.97. The Morgan fingerprint density at radius 1 is 1.17 bits per heavy atom. The Morgan fingerprint density at radius 2 is 1.78 bits per heavy atom. The largest absolute Gasteiger partial charge is 0.349 e. The number of nitrogens with one attached hydrogen (secondary N) is 1. The van der Waals surface area contributed by atoms with E-state index in [2.05, 4.69) is 19.2 Å². The highest BCUT2D eigenvalue weighted by Crippen LogP contribution is 2.14. The van der Waals surface area contributed by atoms with E-state index < -0.39 is 0 Å². The number of hydrogen-bond acceptors (Lipinski definition) is 1. The third-order valence-electron chi connectivity index (χ3n) is 3.46. The van der Waals surface area contributed by atoms with Gasteiger partial charge in [-0.15, -0.1) is 0 Å². The molecule has 1 rings (SSSR count). The summed E-state index contributed by atoms with van der Waals surface area (Å²) in [6.07, 6.45) is 4.34. The van der Waals surface area contributed by atoms with Crippen LogP contribution in [0.1, 0.15) is 61.0 Å². The molecule has 0 fully saturated rings. The molecule has 0 radical (unpaired) electrons. The van der Waals surface area contributed by atoms with Gasteiger partial charge in [0.15, 0.2) is 0 Å². The van der Waals surface area contributed by atoms with Crippen molar-refractivity contribution in [1.29, 1.82) is 0 Å². The fourth-order valence-electron chi connectivity index (χ4n) is 2.25. The van der Waals surface area contributed by atoms with Crippen LogP contribution < -0.4 is 5.32 Å². The van der Waals surface area contributed by atoms with Crippen LogP contribution in [0.4, 0.5) is 0 Å². The molecule has 0 aliphatic heterocycles. The van der Waals surface area contributed by atoms with Crippen molar-refractivity contribution in [3.63, 3.8) is 0 Å². The summed E-state index contributed by atoms with van der Waals surface area (Å²) >= 11 is 0. The highest BCUT2D eigenvalue weighted by Gasteiger charge is 2.14. The molecule has 0 atom stereocenters. The van der Waals surface area contributed by atoms with Crippen molar-refractivity contribution in [3.8, 4) is 0 Å². The summed E-state index contributed by atoms with van der Waals surface area (Å²) in [5, 5.41) is 3.16. The Bertz CT molecular complexity index is 392. The van der Waals surface area contributed by atoms with E-state index in [4.69, 9.17) is 0 Å². The molecule has 1 N–H and O–H groups in total. The van der Waals surface area contributed by atoms with E-state index in [0.717, 1.165) is 36.8 Å². The standard InChI is InChI=1S/C16H25NO/c1-5-8-14(9-6-2)17-16(18)15-11-7-10-12(3)13(15)4/h7,10-11,14H,5-6,8-9H2,1-4H3,(H,17,18). The average molecular weight is 247 g/mol. The second-order valence-electron chi connectivity index (χ2n) is 5.00. The number of benzene rings is 1. The highest BCUT2D eigenvalue weighted by molar-refractivity contribution is 5.96. The fraction of sp³-hybridized carbons (Fsp3) is 0.562. The molecule has 0 saturated heterocycles. The predicted octanol–water partition coefficient (Wildman–Crippen LogP) is 4.00. The molecule has 0 bridgehead atoms. The van der Waals surface area contributed by atoms with Crippen LogP contribution in [-0.4, -0.2) is 11.9 Å². The minimum atomic E-state index is 0.0723. The molecule has 1 aromatic rings. The minimum Gasteiger partial charge on any atom is -0.349 e. The van der Waals surface area contributed by atoms with Gasteiger partial charge in [0.1, 0.15) is 0 Å².